The summed E-state index contributed by atoms with van der Waals surface area (Å²) in [7, 11) is -1.01. The van der Waals surface area contributed by atoms with Crippen LogP contribution in [-0.2, 0) is 14.0 Å². The summed E-state index contributed by atoms with van der Waals surface area (Å²) in [6, 6.07) is 0. The Hall–Kier alpha value is -0.613. The summed E-state index contributed by atoms with van der Waals surface area (Å²) in [5.74, 6) is -0.374. The van der Waals surface area contributed by atoms with Crippen molar-refractivity contribution in [2.75, 3.05) is 6.61 Å². The predicted octanol–water partition coefficient (Wildman–Crippen LogP) is 1.49. The van der Waals surface area contributed by atoms with E-state index in [0.717, 1.165) is 6.42 Å². The molecule has 1 unspecified atom stereocenters. The highest BCUT2D eigenvalue weighted by Gasteiger charge is 2.11. The lowest BCUT2D eigenvalue weighted by molar-refractivity contribution is -0.144. The van der Waals surface area contributed by atoms with Gasteiger partial charge in [-0.3, -0.25) is 0 Å². The third kappa shape index (κ3) is 6.54. The first-order valence-corrected chi connectivity index (χ1v) is 7.32. The molecule has 0 radical (unpaired) electrons. The number of esters is 1. The largest absolute Gasteiger partial charge is 0.457 e. The molecule has 0 heterocycles. The number of carbonyl (C=O) groups excluding carboxylic acids is 1. The quantitative estimate of drug-likeness (QED) is 0.372. The fourth-order valence-corrected chi connectivity index (χ4v) is 1.35. The third-order valence-electron chi connectivity index (χ3n) is 1.52. The van der Waals surface area contributed by atoms with Crippen LogP contribution >= 0.6 is 0 Å². The first-order valence-electron chi connectivity index (χ1n) is 4.54. The van der Waals surface area contributed by atoms with Crippen molar-refractivity contribution >= 4 is 15.0 Å². The van der Waals surface area contributed by atoms with Crippen molar-refractivity contribution in [3.05, 3.63) is 12.7 Å². The fourth-order valence-electron chi connectivity index (χ4n) is 0.747. The van der Waals surface area contributed by atoms with Crippen molar-refractivity contribution in [2.24, 2.45) is 0 Å². The van der Waals surface area contributed by atoms with E-state index in [2.05, 4.69) is 19.7 Å². The van der Waals surface area contributed by atoms with E-state index in [1.807, 2.05) is 6.92 Å². The van der Waals surface area contributed by atoms with E-state index in [-0.39, 0.29) is 12.1 Å². The molecule has 0 saturated heterocycles. The molecule has 76 valence electrons. The summed E-state index contributed by atoms with van der Waals surface area (Å²) in [6.07, 6.45) is 1.83. The van der Waals surface area contributed by atoms with Crippen LogP contribution in [0.3, 0.4) is 0 Å². The first kappa shape index (κ1) is 12.4. The van der Waals surface area contributed by atoms with E-state index in [9.17, 15) is 4.79 Å². The molecule has 3 nitrogen and oxygen atoms in total. The van der Waals surface area contributed by atoms with Gasteiger partial charge in [0, 0.05) is 6.08 Å². The summed E-state index contributed by atoms with van der Waals surface area (Å²) in [4.78, 5) is 10.8. The van der Waals surface area contributed by atoms with Crippen molar-refractivity contribution < 1.29 is 14.0 Å². The molecule has 0 aromatic carbocycles. The van der Waals surface area contributed by atoms with Gasteiger partial charge in [-0.05, 0) is 19.5 Å². The van der Waals surface area contributed by atoms with E-state index in [1.54, 1.807) is 0 Å². The molecule has 0 aliphatic heterocycles. The van der Waals surface area contributed by atoms with Gasteiger partial charge in [0.25, 0.3) is 0 Å². The topological polar surface area (TPSA) is 35.5 Å². The molecular weight excluding hydrogens is 184 g/mol. The Balaban J connectivity index is 3.75. The molecule has 1 atom stereocenters. The van der Waals surface area contributed by atoms with Gasteiger partial charge in [-0.2, -0.15) is 0 Å². The summed E-state index contributed by atoms with van der Waals surface area (Å²) in [5.41, 5.74) is 0. The molecule has 0 saturated carbocycles. The highest BCUT2D eigenvalue weighted by atomic mass is 28.3. The zero-order valence-electron chi connectivity index (χ0n) is 8.58. The number of hydrogen-bond acceptors (Lipinski definition) is 3. The SMILES string of the molecule is C=CC(=O)OC(CC)CO[SiH](C)C. The minimum atomic E-state index is -1.01. The van der Waals surface area contributed by atoms with Crippen molar-refractivity contribution in [3.63, 3.8) is 0 Å². The highest BCUT2D eigenvalue weighted by molar-refractivity contribution is 6.48. The molecule has 0 amide bonds. The van der Waals surface area contributed by atoms with Crippen LogP contribution in [0, 0.1) is 0 Å². The molecule has 0 rings (SSSR count). The average Bonchev–Trinajstić information content (AvgIpc) is 2.11. The monoisotopic (exact) mass is 202 g/mol. The van der Waals surface area contributed by atoms with Gasteiger partial charge in [-0.1, -0.05) is 13.5 Å². The molecule has 0 aromatic rings. The lowest BCUT2D eigenvalue weighted by atomic mass is 10.3. The second kappa shape index (κ2) is 6.86. The van der Waals surface area contributed by atoms with Crippen LogP contribution in [0.2, 0.25) is 13.1 Å². The maximum Gasteiger partial charge on any atom is 0.330 e. The maximum atomic E-state index is 10.8. The minimum Gasteiger partial charge on any atom is -0.457 e. The van der Waals surface area contributed by atoms with Gasteiger partial charge in [0.1, 0.15) is 6.10 Å². The smallest absolute Gasteiger partial charge is 0.330 e. The third-order valence-corrected chi connectivity index (χ3v) is 2.38. The highest BCUT2D eigenvalue weighted by Crippen LogP contribution is 2.01. The Morgan fingerprint density at radius 3 is 2.62 bits per heavy atom. The van der Waals surface area contributed by atoms with Crippen LogP contribution < -0.4 is 0 Å². The van der Waals surface area contributed by atoms with Crippen molar-refractivity contribution in [1.29, 1.82) is 0 Å². The Labute approximate surface area is 81.5 Å². The summed E-state index contributed by atoms with van der Waals surface area (Å²) in [5, 5.41) is 0. The van der Waals surface area contributed by atoms with E-state index in [0.29, 0.717) is 6.61 Å². The Morgan fingerprint density at radius 1 is 1.62 bits per heavy atom. The number of carbonyl (C=O) groups is 1. The lowest BCUT2D eigenvalue weighted by Crippen LogP contribution is -2.24. The fraction of sp³-hybridized carbons (Fsp3) is 0.667. The van der Waals surface area contributed by atoms with Gasteiger partial charge >= 0.3 is 5.97 Å². The molecule has 0 aliphatic carbocycles. The second-order valence-electron chi connectivity index (χ2n) is 3.05. The number of ether oxygens (including phenoxy) is 1. The summed E-state index contributed by atoms with van der Waals surface area (Å²) in [6.45, 7) is 9.99. The standard InChI is InChI=1S/C9H18O3Si/c1-5-8(7-11-13(3)4)12-9(10)6-2/h6,8,13H,2,5,7H2,1,3-4H3. The minimum absolute atomic E-state index is 0.125. The summed E-state index contributed by atoms with van der Waals surface area (Å²) >= 11 is 0. The average molecular weight is 202 g/mol. The van der Waals surface area contributed by atoms with E-state index in [4.69, 9.17) is 9.16 Å². The van der Waals surface area contributed by atoms with Gasteiger partial charge in [-0.15, -0.1) is 0 Å². The Kier molecular flexibility index (Phi) is 6.53. The van der Waals surface area contributed by atoms with Gasteiger partial charge in [0.15, 0.2) is 9.04 Å². The molecule has 0 aromatic heterocycles. The van der Waals surface area contributed by atoms with Crippen LogP contribution in [0.15, 0.2) is 12.7 Å². The molecule has 0 fully saturated rings. The zero-order valence-corrected chi connectivity index (χ0v) is 9.73. The van der Waals surface area contributed by atoms with Crippen molar-refractivity contribution in [1.82, 2.24) is 0 Å². The Morgan fingerprint density at radius 2 is 2.23 bits per heavy atom. The second-order valence-corrected chi connectivity index (χ2v) is 5.48. The molecular formula is C9H18O3Si. The molecule has 4 heteroatoms. The maximum absolute atomic E-state index is 10.8. The van der Waals surface area contributed by atoms with Gasteiger partial charge < -0.3 is 9.16 Å². The van der Waals surface area contributed by atoms with Gasteiger partial charge in [-0.25, -0.2) is 4.79 Å². The van der Waals surface area contributed by atoms with Gasteiger partial charge in [0.2, 0.25) is 0 Å². The lowest BCUT2D eigenvalue weighted by Gasteiger charge is -2.16. The van der Waals surface area contributed by atoms with E-state index < -0.39 is 9.04 Å². The molecule has 0 spiro atoms. The van der Waals surface area contributed by atoms with Crippen molar-refractivity contribution in [2.45, 2.75) is 32.5 Å². The molecule has 0 aliphatic rings. The van der Waals surface area contributed by atoms with Crippen molar-refractivity contribution in [3.8, 4) is 0 Å². The van der Waals surface area contributed by atoms with Crippen LogP contribution in [0.1, 0.15) is 13.3 Å². The molecule has 0 bridgehead atoms. The van der Waals surface area contributed by atoms with Crippen LogP contribution in [0.25, 0.3) is 0 Å². The number of hydrogen-bond donors (Lipinski definition) is 0. The molecule has 0 N–H and O–H groups in total. The van der Waals surface area contributed by atoms with Crippen LogP contribution in [0.5, 0.6) is 0 Å². The van der Waals surface area contributed by atoms with E-state index >= 15 is 0 Å². The summed E-state index contributed by atoms with van der Waals surface area (Å²) < 4.78 is 10.5. The molecule has 13 heavy (non-hydrogen) atoms. The number of rotatable bonds is 6. The van der Waals surface area contributed by atoms with Crippen LogP contribution in [-0.4, -0.2) is 27.7 Å². The first-order chi connectivity index (χ1) is 6.10. The normalized spacial score (nSPS) is 12.6. The predicted molar refractivity (Wildman–Crippen MR) is 55.2 cm³/mol. The Bertz CT molecular complexity index is 168. The van der Waals surface area contributed by atoms with Crippen LogP contribution in [0.4, 0.5) is 0 Å². The zero-order chi connectivity index (χ0) is 10.3. The van der Waals surface area contributed by atoms with Gasteiger partial charge in [0.05, 0.1) is 6.61 Å². The van der Waals surface area contributed by atoms with E-state index in [1.165, 1.54) is 6.08 Å².